The molecule has 0 aliphatic carbocycles. The third-order valence-electron chi connectivity index (χ3n) is 1.03. The maximum Gasteiger partial charge on any atom is 2.00 e. The van der Waals surface area contributed by atoms with Gasteiger partial charge in [-0.3, -0.25) is 0 Å². The van der Waals surface area contributed by atoms with Crippen LogP contribution in [0, 0.1) is 12.4 Å². The van der Waals surface area contributed by atoms with Crippen molar-refractivity contribution >= 4 is 0 Å². The Balaban J connectivity index is 0.000000206. The number of hydrogen-bond acceptors (Lipinski definition) is 2. The van der Waals surface area contributed by atoms with E-state index in [2.05, 4.69) is 22.4 Å². The van der Waals surface area contributed by atoms with Crippen LogP contribution >= 0.6 is 0 Å². The minimum Gasteiger partial charge on any atom is -0.394 e. The van der Waals surface area contributed by atoms with Crippen LogP contribution in [0.5, 0.6) is 0 Å². The summed E-state index contributed by atoms with van der Waals surface area (Å²) in [6.45, 7) is 0. The summed E-state index contributed by atoms with van der Waals surface area (Å²) in [7, 11) is 0. The van der Waals surface area contributed by atoms with E-state index in [1.165, 1.54) is 0 Å². The minimum absolute atomic E-state index is 0. The molecule has 2 heterocycles. The molecule has 0 saturated heterocycles. The molecule has 0 spiro atoms. The van der Waals surface area contributed by atoms with Crippen LogP contribution in [0.1, 0.15) is 0 Å². The largest absolute Gasteiger partial charge is 2.00 e. The molecule has 2 aromatic rings. The third kappa shape index (κ3) is 7.19. The van der Waals surface area contributed by atoms with E-state index < -0.39 is 0 Å². The van der Waals surface area contributed by atoms with Crippen molar-refractivity contribution < 1.29 is 17.1 Å². The van der Waals surface area contributed by atoms with Crippen molar-refractivity contribution in [2.45, 2.75) is 0 Å². The molecule has 0 radical (unpaired) electrons. The molecule has 0 atom stereocenters. The Labute approximate surface area is 88.5 Å². The molecule has 0 amide bonds. The number of hydrogen-bond donors (Lipinski definition) is 0. The molecule has 0 aliphatic rings. The van der Waals surface area contributed by atoms with Gasteiger partial charge in [0.05, 0.1) is 0 Å². The normalized spacial score (nSPS) is 7.38. The van der Waals surface area contributed by atoms with Gasteiger partial charge in [-0.15, -0.1) is 0 Å². The molecule has 2 nitrogen and oxygen atoms in total. The van der Waals surface area contributed by atoms with Crippen molar-refractivity contribution in [3.63, 3.8) is 0 Å². The van der Waals surface area contributed by atoms with Crippen molar-refractivity contribution in [1.82, 2.24) is 9.97 Å². The Morgan fingerprint density at radius 1 is 0.692 bits per heavy atom. The molecule has 0 N–H and O–H groups in total. The van der Waals surface area contributed by atoms with Crippen LogP contribution < -0.4 is 0 Å². The van der Waals surface area contributed by atoms with E-state index in [9.17, 15) is 0 Å². The number of rotatable bonds is 0. The Morgan fingerprint density at radius 3 is 1.23 bits per heavy atom. The summed E-state index contributed by atoms with van der Waals surface area (Å²) >= 11 is 0. The van der Waals surface area contributed by atoms with Gasteiger partial charge >= 0.3 is 17.1 Å². The fourth-order valence-corrected chi connectivity index (χ4v) is 0.555. The molecule has 0 fully saturated rings. The Hall–Kier alpha value is -1.18. The first-order valence-corrected chi connectivity index (χ1v) is 3.54. The van der Waals surface area contributed by atoms with Gasteiger partial charge in [0.25, 0.3) is 0 Å². The second kappa shape index (κ2) is 8.91. The number of nitrogens with zero attached hydrogens (tertiary/aromatic N) is 2. The van der Waals surface area contributed by atoms with Crippen LogP contribution in [0.3, 0.4) is 0 Å². The van der Waals surface area contributed by atoms with Gasteiger partial charge in [-0.2, -0.15) is 36.4 Å². The van der Waals surface area contributed by atoms with Crippen LogP contribution in [0.25, 0.3) is 0 Å². The zero-order valence-electron chi connectivity index (χ0n) is 6.87. The minimum atomic E-state index is 0. The zero-order chi connectivity index (χ0) is 8.49. The van der Waals surface area contributed by atoms with E-state index in [-0.39, 0.29) is 17.1 Å². The molecule has 0 bridgehead atoms. The van der Waals surface area contributed by atoms with Crippen LogP contribution in [-0.4, -0.2) is 9.97 Å². The van der Waals surface area contributed by atoms with Gasteiger partial charge < -0.3 is 9.97 Å². The summed E-state index contributed by atoms with van der Waals surface area (Å²) in [6.07, 6.45) is 8.67. The second-order valence-corrected chi connectivity index (χ2v) is 1.92. The summed E-state index contributed by atoms with van der Waals surface area (Å²) in [5.74, 6) is 0. The van der Waals surface area contributed by atoms with E-state index in [1.807, 2.05) is 24.3 Å². The topological polar surface area (TPSA) is 25.8 Å². The Morgan fingerprint density at radius 2 is 1.15 bits per heavy atom. The van der Waals surface area contributed by atoms with Crippen LogP contribution in [0.2, 0.25) is 0 Å². The summed E-state index contributed by atoms with van der Waals surface area (Å²) in [5, 5.41) is 0. The molecule has 2 rings (SSSR count). The first kappa shape index (κ1) is 11.8. The predicted molar refractivity (Wildman–Crippen MR) is 46.1 cm³/mol. The van der Waals surface area contributed by atoms with Gasteiger partial charge in [-0.25, -0.2) is 0 Å². The molecule has 0 unspecified atom stereocenters. The fraction of sp³-hybridized carbons (Fsp3) is 0. The van der Waals surface area contributed by atoms with Crippen LogP contribution in [0.4, 0.5) is 0 Å². The zero-order valence-corrected chi connectivity index (χ0v) is 7.97. The molecular weight excluding hydrogens is 204 g/mol. The third-order valence-corrected chi connectivity index (χ3v) is 1.03. The SMILES string of the molecule is [Fe+2].[c-]1ccccn1.[c-]1ccccn1. The van der Waals surface area contributed by atoms with Gasteiger partial charge in [0.15, 0.2) is 0 Å². The summed E-state index contributed by atoms with van der Waals surface area (Å²) in [4.78, 5) is 7.32. The van der Waals surface area contributed by atoms with Gasteiger partial charge in [0.2, 0.25) is 0 Å². The Bertz CT molecular complexity index is 188. The average Bonchev–Trinajstić information content (AvgIpc) is 2.24. The van der Waals surface area contributed by atoms with E-state index >= 15 is 0 Å². The molecule has 0 aliphatic heterocycles. The van der Waals surface area contributed by atoms with Gasteiger partial charge in [0, 0.05) is 0 Å². The number of pyridine rings is 2. The van der Waals surface area contributed by atoms with Gasteiger partial charge in [-0.1, -0.05) is 24.8 Å². The van der Waals surface area contributed by atoms with Crippen molar-refractivity contribution in [2.75, 3.05) is 0 Å². The second-order valence-electron chi connectivity index (χ2n) is 1.92. The first-order chi connectivity index (χ1) is 6.00. The maximum atomic E-state index is 3.66. The summed E-state index contributed by atoms with van der Waals surface area (Å²) < 4.78 is 0. The molecule has 2 aromatic heterocycles. The summed E-state index contributed by atoms with van der Waals surface area (Å²) in [6, 6.07) is 11.0. The maximum absolute atomic E-state index is 3.66. The smallest absolute Gasteiger partial charge is 0.394 e. The van der Waals surface area contributed by atoms with Crippen molar-refractivity contribution in [3.05, 3.63) is 61.2 Å². The van der Waals surface area contributed by atoms with Crippen LogP contribution in [0.15, 0.2) is 48.8 Å². The van der Waals surface area contributed by atoms with Crippen LogP contribution in [-0.2, 0) is 17.1 Å². The molecule has 13 heavy (non-hydrogen) atoms. The first-order valence-electron chi connectivity index (χ1n) is 3.54. The van der Waals surface area contributed by atoms with E-state index in [0.29, 0.717) is 0 Å². The standard InChI is InChI=1S/2C5H4N.Fe/c2*1-2-4-6-5-3-1;/h2*1-4H;/q2*-1;+2. The van der Waals surface area contributed by atoms with Gasteiger partial charge in [-0.05, 0) is 0 Å². The van der Waals surface area contributed by atoms with Gasteiger partial charge in [0.1, 0.15) is 0 Å². The molecular formula is C10H8FeN2. The van der Waals surface area contributed by atoms with Crippen molar-refractivity contribution in [2.24, 2.45) is 0 Å². The van der Waals surface area contributed by atoms with Crippen molar-refractivity contribution in [1.29, 1.82) is 0 Å². The Kier molecular flexibility index (Phi) is 8.10. The van der Waals surface area contributed by atoms with E-state index in [4.69, 9.17) is 0 Å². The monoisotopic (exact) mass is 212 g/mol. The predicted octanol–water partition coefficient (Wildman–Crippen LogP) is 1.76. The fourth-order valence-electron chi connectivity index (χ4n) is 0.555. The van der Waals surface area contributed by atoms with Crippen molar-refractivity contribution in [3.8, 4) is 0 Å². The quantitative estimate of drug-likeness (QED) is 0.491. The molecule has 0 saturated carbocycles. The average molecular weight is 212 g/mol. The number of aromatic nitrogens is 2. The molecule has 0 aromatic carbocycles. The van der Waals surface area contributed by atoms with E-state index in [0.717, 1.165) is 0 Å². The molecule has 3 heteroatoms. The summed E-state index contributed by atoms with van der Waals surface area (Å²) in [5.41, 5.74) is 0. The van der Waals surface area contributed by atoms with E-state index in [1.54, 1.807) is 24.5 Å². The molecule has 66 valence electrons.